The van der Waals surface area contributed by atoms with Crippen molar-refractivity contribution in [2.75, 3.05) is 25.1 Å². The highest BCUT2D eigenvalue weighted by Crippen LogP contribution is 2.46. The molecule has 1 saturated carbocycles. The van der Waals surface area contributed by atoms with Crippen LogP contribution >= 0.6 is 11.6 Å². The Morgan fingerprint density at radius 1 is 1.15 bits per heavy atom. The number of alkyl halides is 1. The fourth-order valence-corrected chi connectivity index (χ4v) is 6.10. The molecule has 220 valence electrons. The minimum Gasteiger partial charge on any atom is -0.481 e. The van der Waals surface area contributed by atoms with Gasteiger partial charge >= 0.3 is 11.9 Å². The van der Waals surface area contributed by atoms with Gasteiger partial charge in [-0.15, -0.1) is 0 Å². The highest BCUT2D eigenvalue weighted by molar-refractivity contribution is 6.33. The van der Waals surface area contributed by atoms with E-state index in [2.05, 4.69) is 32.0 Å². The summed E-state index contributed by atoms with van der Waals surface area (Å²) in [5, 5.41) is 9.93. The number of hydrogen-bond donors (Lipinski definition) is 2. The lowest BCUT2D eigenvalue weighted by Gasteiger charge is -2.41. The van der Waals surface area contributed by atoms with Crippen molar-refractivity contribution in [3.05, 3.63) is 35.4 Å². The number of anilines is 1. The summed E-state index contributed by atoms with van der Waals surface area (Å²) in [5.74, 6) is -0.930. The van der Waals surface area contributed by atoms with E-state index >= 15 is 4.39 Å². The Morgan fingerprint density at radius 3 is 2.41 bits per heavy atom. The predicted octanol–water partition coefficient (Wildman–Crippen LogP) is 6.20. The average Bonchev–Trinajstić information content (AvgIpc) is 3.35. The van der Waals surface area contributed by atoms with Gasteiger partial charge in [0.15, 0.2) is 5.65 Å². The summed E-state index contributed by atoms with van der Waals surface area (Å²) >= 11 is 6.61. The highest BCUT2D eigenvalue weighted by atomic mass is 35.5. The van der Waals surface area contributed by atoms with Crippen molar-refractivity contribution in [1.82, 2.24) is 15.0 Å². The Balaban J connectivity index is 1.23. The van der Waals surface area contributed by atoms with Gasteiger partial charge in [0.2, 0.25) is 0 Å². The summed E-state index contributed by atoms with van der Waals surface area (Å²) in [6.45, 7) is 4.64. The van der Waals surface area contributed by atoms with Crippen molar-refractivity contribution in [2.24, 2.45) is 11.3 Å². The van der Waals surface area contributed by atoms with Gasteiger partial charge in [0, 0.05) is 30.8 Å². The molecular formula is C30H36ClFN4O5. The van der Waals surface area contributed by atoms with Gasteiger partial charge in [0.05, 0.1) is 28.8 Å². The van der Waals surface area contributed by atoms with Crippen LogP contribution in [0.2, 0.25) is 5.02 Å². The van der Waals surface area contributed by atoms with Crippen LogP contribution in [-0.4, -0.2) is 64.0 Å². The number of methoxy groups -OCH3 is 1. The maximum absolute atomic E-state index is 15.4. The van der Waals surface area contributed by atoms with Crippen molar-refractivity contribution in [1.29, 1.82) is 0 Å². The first kappa shape index (κ1) is 29.1. The summed E-state index contributed by atoms with van der Waals surface area (Å²) in [7, 11) is 1.43. The van der Waals surface area contributed by atoms with Gasteiger partial charge in [0.25, 0.3) is 6.01 Å². The van der Waals surface area contributed by atoms with E-state index in [4.69, 9.17) is 21.1 Å². The average molecular weight is 587 g/mol. The third-order valence-electron chi connectivity index (χ3n) is 8.87. The number of ether oxygens (including phenoxy) is 2. The van der Waals surface area contributed by atoms with Crippen LogP contribution in [-0.2, 0) is 14.3 Å². The van der Waals surface area contributed by atoms with Crippen LogP contribution < -0.4 is 9.64 Å². The van der Waals surface area contributed by atoms with Gasteiger partial charge in [-0.05, 0) is 76.5 Å². The predicted molar refractivity (Wildman–Crippen MR) is 154 cm³/mol. The molecule has 11 heteroatoms. The molecule has 1 aliphatic carbocycles. The topological polar surface area (TPSA) is 118 Å². The number of carbonyl (C=O) groups excluding carboxylic acids is 1. The molecule has 0 spiro atoms. The number of fused-ring (bicyclic) bond motifs is 1. The molecule has 1 aromatic carbocycles. The molecule has 0 amide bonds. The number of carboxylic acid groups (broad SMARTS) is 1. The number of halogens is 2. The Labute approximate surface area is 243 Å². The third kappa shape index (κ3) is 5.98. The normalized spacial score (nSPS) is 22.1. The lowest BCUT2D eigenvalue weighted by molar-refractivity contribution is -0.160. The molecule has 3 aromatic rings. The first-order chi connectivity index (χ1) is 19.5. The highest BCUT2D eigenvalue weighted by Gasteiger charge is 2.52. The molecule has 2 fully saturated rings. The monoisotopic (exact) mass is 586 g/mol. The molecule has 5 rings (SSSR count). The van der Waals surface area contributed by atoms with Crippen LogP contribution in [0, 0.1) is 11.3 Å². The SMILES string of the molecule is COC(=O)CC1CCN(c2ccc(-c3nc4nc(OC5CCC(F)(C(C)(C)C(=O)O)CC5)[nH]c4cc3Cl)cc2)CC1. The zero-order valence-corrected chi connectivity index (χ0v) is 24.3. The first-order valence-electron chi connectivity index (χ1n) is 14.1. The second kappa shape index (κ2) is 11.5. The maximum Gasteiger partial charge on any atom is 0.312 e. The van der Waals surface area contributed by atoms with E-state index in [1.54, 1.807) is 6.07 Å². The number of nitrogens with zero attached hydrogens (tertiary/aromatic N) is 3. The second-order valence-electron chi connectivity index (χ2n) is 11.7. The molecule has 2 aliphatic rings. The fraction of sp³-hybridized carbons (Fsp3) is 0.533. The number of esters is 1. The lowest BCUT2D eigenvalue weighted by atomic mass is 9.68. The molecular weight excluding hydrogens is 551 g/mol. The summed E-state index contributed by atoms with van der Waals surface area (Å²) < 4.78 is 26.2. The van der Waals surface area contributed by atoms with Crippen LogP contribution in [0.5, 0.6) is 6.01 Å². The number of benzene rings is 1. The Hall–Kier alpha value is -3.40. The van der Waals surface area contributed by atoms with Crippen molar-refractivity contribution in [3.8, 4) is 17.3 Å². The smallest absolute Gasteiger partial charge is 0.312 e. The summed E-state index contributed by atoms with van der Waals surface area (Å²) in [6, 6.07) is 10.1. The molecule has 0 unspecified atom stereocenters. The van der Waals surface area contributed by atoms with Gasteiger partial charge in [-0.1, -0.05) is 23.7 Å². The summed E-state index contributed by atoms with van der Waals surface area (Å²) in [4.78, 5) is 37.7. The molecule has 3 heterocycles. The lowest BCUT2D eigenvalue weighted by Crippen LogP contribution is -2.49. The number of pyridine rings is 1. The third-order valence-corrected chi connectivity index (χ3v) is 9.15. The van der Waals surface area contributed by atoms with Gasteiger partial charge in [-0.25, -0.2) is 9.37 Å². The van der Waals surface area contributed by atoms with Crippen molar-refractivity contribution >= 4 is 40.4 Å². The molecule has 2 aromatic heterocycles. The van der Waals surface area contributed by atoms with E-state index in [1.807, 2.05) is 12.1 Å². The number of piperidine rings is 1. The van der Waals surface area contributed by atoms with Crippen LogP contribution in [0.15, 0.2) is 30.3 Å². The first-order valence-corrected chi connectivity index (χ1v) is 14.4. The molecule has 9 nitrogen and oxygen atoms in total. The number of carbonyl (C=O) groups is 2. The van der Waals surface area contributed by atoms with Crippen LogP contribution in [0.4, 0.5) is 10.1 Å². The molecule has 0 radical (unpaired) electrons. The number of rotatable bonds is 8. The van der Waals surface area contributed by atoms with Gasteiger partial charge in [0.1, 0.15) is 11.8 Å². The van der Waals surface area contributed by atoms with E-state index in [-0.39, 0.29) is 30.9 Å². The Morgan fingerprint density at radius 2 is 1.80 bits per heavy atom. The Bertz CT molecular complexity index is 1410. The number of H-pyrrole nitrogens is 1. The van der Waals surface area contributed by atoms with Crippen LogP contribution in [0.3, 0.4) is 0 Å². The van der Waals surface area contributed by atoms with Crippen LogP contribution in [0.1, 0.15) is 58.8 Å². The summed E-state index contributed by atoms with van der Waals surface area (Å²) in [5.41, 5.74) is 0.411. The number of imidazole rings is 1. The quantitative estimate of drug-likeness (QED) is 0.300. The van der Waals surface area contributed by atoms with E-state index < -0.39 is 17.1 Å². The number of nitrogens with one attached hydrogen (secondary N) is 1. The van der Waals surface area contributed by atoms with Gasteiger partial charge < -0.3 is 24.5 Å². The summed E-state index contributed by atoms with van der Waals surface area (Å²) in [6.07, 6.45) is 3.07. The zero-order valence-electron chi connectivity index (χ0n) is 23.6. The van der Waals surface area contributed by atoms with Crippen molar-refractivity contribution < 1.29 is 28.6 Å². The van der Waals surface area contributed by atoms with Gasteiger partial charge in [-0.3, -0.25) is 9.59 Å². The fourth-order valence-electron chi connectivity index (χ4n) is 5.84. The molecule has 1 saturated heterocycles. The van der Waals surface area contributed by atoms with Crippen molar-refractivity contribution in [2.45, 2.75) is 70.6 Å². The molecule has 0 atom stereocenters. The van der Waals surface area contributed by atoms with E-state index in [0.717, 1.165) is 37.2 Å². The largest absolute Gasteiger partial charge is 0.481 e. The zero-order chi connectivity index (χ0) is 29.4. The minimum absolute atomic E-state index is 0.104. The number of aliphatic carboxylic acids is 1. The number of carboxylic acids is 1. The van der Waals surface area contributed by atoms with Crippen molar-refractivity contribution in [3.63, 3.8) is 0 Å². The number of aromatic amines is 1. The van der Waals surface area contributed by atoms with Crippen LogP contribution in [0.25, 0.3) is 22.4 Å². The molecule has 41 heavy (non-hydrogen) atoms. The number of hydrogen-bond acceptors (Lipinski definition) is 7. The van der Waals surface area contributed by atoms with E-state index in [1.165, 1.54) is 21.0 Å². The van der Waals surface area contributed by atoms with Gasteiger partial charge in [-0.2, -0.15) is 4.98 Å². The number of aromatic nitrogens is 3. The van der Waals surface area contributed by atoms with E-state index in [9.17, 15) is 14.7 Å². The minimum atomic E-state index is -1.78. The standard InChI is InChI=1S/C30H36ClFN4O5/c1-29(2,27(38)39)30(32)12-8-21(9-13-30)41-28-33-23-17-22(31)25(34-26(23)35-28)19-4-6-20(7-5-19)36-14-10-18(11-15-36)16-24(37)40-3/h4-7,17-18,21H,8-16H2,1-3H3,(H,38,39)(H,33,34,35). The van der Waals surface area contributed by atoms with E-state index in [0.29, 0.717) is 47.1 Å². The molecule has 2 N–H and O–H groups in total. The second-order valence-corrected chi connectivity index (χ2v) is 12.1. The molecule has 0 bridgehead atoms. The molecule has 1 aliphatic heterocycles. The Kier molecular flexibility index (Phi) is 8.14. The maximum atomic E-state index is 15.4.